The van der Waals surface area contributed by atoms with Crippen LogP contribution >= 0.6 is 23.5 Å². The van der Waals surface area contributed by atoms with Crippen molar-refractivity contribution in [3.05, 3.63) is 55.0 Å². The molecule has 9 heteroatoms. The van der Waals surface area contributed by atoms with E-state index in [0.717, 1.165) is 0 Å². The van der Waals surface area contributed by atoms with E-state index in [1.54, 1.807) is 24.7 Å². The molecule has 0 aliphatic carbocycles. The zero-order valence-corrected chi connectivity index (χ0v) is 14.5. The van der Waals surface area contributed by atoms with Crippen LogP contribution in [0.15, 0.2) is 44.9 Å². The van der Waals surface area contributed by atoms with Crippen molar-refractivity contribution in [1.29, 1.82) is 0 Å². The van der Waals surface area contributed by atoms with Crippen molar-refractivity contribution in [1.82, 2.24) is 0 Å². The summed E-state index contributed by atoms with van der Waals surface area (Å²) in [6, 6.07) is 5.50. The fourth-order valence-corrected chi connectivity index (χ4v) is 3.59. The van der Waals surface area contributed by atoms with Gasteiger partial charge in [-0.05, 0) is 30.7 Å². The van der Waals surface area contributed by atoms with E-state index in [9.17, 15) is 19.7 Å². The number of nitrogens with one attached hydrogen (secondary N) is 1. The number of carbonyl (C=O) groups is 2. The molecular weight excluding hydrogens is 352 g/mol. The molecule has 24 heavy (non-hydrogen) atoms. The minimum absolute atomic E-state index is 0.116. The minimum atomic E-state index is -0.730. The number of amides is 1. The number of nitro groups is 1. The molecule has 0 spiro atoms. The molecule has 1 aliphatic heterocycles. The zero-order chi connectivity index (χ0) is 17.7. The highest BCUT2D eigenvalue weighted by molar-refractivity contribution is 8.27. The van der Waals surface area contributed by atoms with Crippen molar-refractivity contribution < 1.29 is 19.2 Å². The lowest BCUT2D eigenvalue weighted by atomic mass is 10.2. The molecule has 1 N–H and O–H groups in total. The van der Waals surface area contributed by atoms with Gasteiger partial charge in [-0.3, -0.25) is 14.9 Å². The van der Waals surface area contributed by atoms with Gasteiger partial charge in [0, 0.05) is 17.8 Å². The summed E-state index contributed by atoms with van der Waals surface area (Å²) in [5.41, 5.74) is -0.0427. The monoisotopic (exact) mass is 366 g/mol. The van der Waals surface area contributed by atoms with Crippen LogP contribution in [-0.4, -0.2) is 22.9 Å². The van der Waals surface area contributed by atoms with Gasteiger partial charge in [0.15, 0.2) is 0 Å². The molecule has 126 valence electrons. The lowest BCUT2D eigenvalue weighted by Gasteiger charge is -2.13. The second-order valence-corrected chi connectivity index (χ2v) is 6.98. The summed E-state index contributed by atoms with van der Waals surface area (Å²) in [4.78, 5) is 35.0. The number of anilines is 1. The van der Waals surface area contributed by atoms with E-state index in [2.05, 4.69) is 5.32 Å². The molecule has 0 saturated carbocycles. The number of nitro benzene ring substituents is 1. The average molecular weight is 366 g/mol. The van der Waals surface area contributed by atoms with Crippen molar-refractivity contribution in [2.75, 3.05) is 5.32 Å². The Balaban J connectivity index is 2.26. The molecule has 0 saturated heterocycles. The first-order valence-corrected chi connectivity index (χ1v) is 8.64. The standard InChI is InChI=1S/C15H14N2O5S2/c1-9(2)22-14(19)12(15-23-6-7-24-15)13(18)16-10-4-3-5-11(8-10)17(20)21/h3-9H,1-2H3,(H,16,18). The summed E-state index contributed by atoms with van der Waals surface area (Å²) < 4.78 is 5.63. The summed E-state index contributed by atoms with van der Waals surface area (Å²) >= 11 is 2.49. The molecule has 0 radical (unpaired) electrons. The molecule has 1 aromatic rings. The zero-order valence-electron chi connectivity index (χ0n) is 12.8. The van der Waals surface area contributed by atoms with Crippen LogP contribution in [0.4, 0.5) is 11.4 Å². The highest BCUT2D eigenvalue weighted by Gasteiger charge is 2.27. The van der Waals surface area contributed by atoms with E-state index in [1.807, 2.05) is 0 Å². The highest BCUT2D eigenvalue weighted by Crippen LogP contribution is 2.40. The average Bonchev–Trinajstić information content (AvgIpc) is 3.00. The Morgan fingerprint density at radius 2 is 1.92 bits per heavy atom. The van der Waals surface area contributed by atoms with Gasteiger partial charge < -0.3 is 10.1 Å². The number of ether oxygens (including phenoxy) is 1. The molecule has 1 amide bonds. The molecule has 1 heterocycles. The maximum atomic E-state index is 12.5. The van der Waals surface area contributed by atoms with Crippen molar-refractivity contribution in [3.63, 3.8) is 0 Å². The van der Waals surface area contributed by atoms with Crippen LogP contribution in [0.5, 0.6) is 0 Å². The van der Waals surface area contributed by atoms with Gasteiger partial charge in [-0.1, -0.05) is 29.6 Å². The van der Waals surface area contributed by atoms with Gasteiger partial charge in [0.05, 0.1) is 15.3 Å². The number of rotatable bonds is 5. The van der Waals surface area contributed by atoms with Crippen molar-refractivity contribution in [3.8, 4) is 0 Å². The Morgan fingerprint density at radius 3 is 2.50 bits per heavy atom. The van der Waals surface area contributed by atoms with E-state index in [4.69, 9.17) is 4.74 Å². The maximum absolute atomic E-state index is 12.5. The summed E-state index contributed by atoms with van der Waals surface area (Å²) in [7, 11) is 0. The first kappa shape index (κ1) is 18.1. The molecule has 0 unspecified atom stereocenters. The number of hydrogen-bond donors (Lipinski definition) is 1. The number of hydrogen-bond acceptors (Lipinski definition) is 7. The molecule has 2 rings (SSSR count). The van der Waals surface area contributed by atoms with Crippen molar-refractivity contribution in [2.24, 2.45) is 0 Å². The summed E-state index contributed by atoms with van der Waals surface area (Å²) in [5.74, 6) is -1.40. The topological polar surface area (TPSA) is 98.5 Å². The molecule has 0 fully saturated rings. The third-order valence-corrected chi connectivity index (χ3v) is 4.83. The van der Waals surface area contributed by atoms with Gasteiger partial charge in [0.25, 0.3) is 11.6 Å². The van der Waals surface area contributed by atoms with E-state index in [0.29, 0.717) is 4.24 Å². The van der Waals surface area contributed by atoms with Gasteiger partial charge in [-0.25, -0.2) is 4.79 Å². The Labute approximate surface area is 146 Å². The Bertz CT molecular complexity index is 733. The molecule has 1 aliphatic rings. The van der Waals surface area contributed by atoms with Crippen LogP contribution in [-0.2, 0) is 14.3 Å². The second-order valence-electron chi connectivity index (χ2n) is 4.89. The Morgan fingerprint density at radius 1 is 1.25 bits per heavy atom. The molecule has 7 nitrogen and oxygen atoms in total. The van der Waals surface area contributed by atoms with Gasteiger partial charge in [0.1, 0.15) is 5.57 Å². The highest BCUT2D eigenvalue weighted by atomic mass is 32.2. The van der Waals surface area contributed by atoms with Crippen LogP contribution in [0.2, 0.25) is 0 Å². The van der Waals surface area contributed by atoms with Crippen LogP contribution in [0.25, 0.3) is 0 Å². The quantitative estimate of drug-likeness (QED) is 0.212. The van der Waals surface area contributed by atoms with E-state index in [1.165, 1.54) is 47.8 Å². The Hall–Kier alpha value is -2.26. The van der Waals surface area contributed by atoms with Crippen LogP contribution in [0.3, 0.4) is 0 Å². The number of non-ortho nitro benzene ring substituents is 1. The fourth-order valence-electron chi connectivity index (χ4n) is 1.76. The number of carbonyl (C=O) groups excluding carboxylic acids is 2. The lowest BCUT2D eigenvalue weighted by Crippen LogP contribution is -2.25. The number of thioether (sulfide) groups is 2. The third kappa shape index (κ3) is 4.62. The van der Waals surface area contributed by atoms with E-state index in [-0.39, 0.29) is 23.1 Å². The van der Waals surface area contributed by atoms with E-state index < -0.39 is 16.8 Å². The first-order chi connectivity index (χ1) is 11.4. The molecule has 1 aromatic carbocycles. The summed E-state index contributed by atoms with van der Waals surface area (Å²) in [5, 5.41) is 16.8. The van der Waals surface area contributed by atoms with E-state index >= 15 is 0 Å². The number of benzene rings is 1. The number of esters is 1. The molecule has 0 atom stereocenters. The predicted molar refractivity (Wildman–Crippen MR) is 94.3 cm³/mol. The smallest absolute Gasteiger partial charge is 0.345 e. The van der Waals surface area contributed by atoms with Gasteiger partial charge >= 0.3 is 5.97 Å². The first-order valence-electron chi connectivity index (χ1n) is 6.88. The summed E-state index contributed by atoms with van der Waals surface area (Å²) in [6.45, 7) is 3.37. The van der Waals surface area contributed by atoms with Crippen molar-refractivity contribution in [2.45, 2.75) is 20.0 Å². The van der Waals surface area contributed by atoms with Gasteiger partial charge in [-0.15, -0.1) is 0 Å². The largest absolute Gasteiger partial charge is 0.459 e. The van der Waals surface area contributed by atoms with Crippen LogP contribution in [0, 0.1) is 10.1 Å². The lowest BCUT2D eigenvalue weighted by molar-refractivity contribution is -0.384. The third-order valence-electron chi connectivity index (χ3n) is 2.70. The number of nitrogens with zero attached hydrogens (tertiary/aromatic N) is 1. The van der Waals surface area contributed by atoms with Crippen LogP contribution < -0.4 is 5.32 Å². The second kappa shape index (κ2) is 8.02. The SMILES string of the molecule is CC(C)OC(=O)C(C(=O)Nc1cccc([N+](=O)[O-])c1)=C1SC=CS1. The minimum Gasteiger partial charge on any atom is -0.459 e. The Kier molecular flexibility index (Phi) is 6.04. The van der Waals surface area contributed by atoms with Crippen LogP contribution in [0.1, 0.15) is 13.8 Å². The van der Waals surface area contributed by atoms with Gasteiger partial charge in [0.2, 0.25) is 0 Å². The molecule has 0 bridgehead atoms. The normalized spacial score (nSPS) is 13.0. The maximum Gasteiger partial charge on any atom is 0.345 e. The molecule has 0 aromatic heterocycles. The fraction of sp³-hybridized carbons (Fsp3) is 0.200. The van der Waals surface area contributed by atoms with Gasteiger partial charge in [-0.2, -0.15) is 0 Å². The predicted octanol–water partition coefficient (Wildman–Crippen LogP) is 3.65. The van der Waals surface area contributed by atoms with Crippen molar-refractivity contribution >= 4 is 46.8 Å². The molecular formula is C15H14N2O5S2. The summed E-state index contributed by atoms with van der Waals surface area (Å²) in [6.07, 6.45) is -0.372.